The van der Waals surface area contributed by atoms with E-state index in [9.17, 15) is 18.3 Å². The molecule has 0 aromatic carbocycles. The second-order valence-electron chi connectivity index (χ2n) is 5.93. The van der Waals surface area contributed by atoms with Gasteiger partial charge in [-0.25, -0.2) is 13.4 Å². The Balaban J connectivity index is 1.87. The molecule has 1 unspecified atom stereocenters. The van der Waals surface area contributed by atoms with Gasteiger partial charge in [-0.3, -0.25) is 4.79 Å². The first-order valence-electron chi connectivity index (χ1n) is 7.79. The van der Waals surface area contributed by atoms with E-state index in [1.54, 1.807) is 11.4 Å². The Morgan fingerprint density at radius 1 is 1.48 bits per heavy atom. The molecule has 0 bridgehead atoms. The average Bonchev–Trinajstić information content (AvgIpc) is 3.13. The van der Waals surface area contributed by atoms with E-state index in [1.807, 2.05) is 6.92 Å². The minimum Gasteiger partial charge on any atom is -0.392 e. The number of carbonyl (C=O) groups is 1. The van der Waals surface area contributed by atoms with Crippen LogP contribution in [0.1, 0.15) is 25.5 Å². The number of thiophene rings is 1. The Morgan fingerprint density at radius 2 is 2.24 bits per heavy atom. The molecule has 1 aliphatic rings. The number of hydrogen-bond acceptors (Lipinski definition) is 7. The molecule has 1 aliphatic heterocycles. The van der Waals surface area contributed by atoms with Gasteiger partial charge in [-0.2, -0.15) is 4.31 Å². The van der Waals surface area contributed by atoms with Gasteiger partial charge in [-0.05, 0) is 25.8 Å². The lowest BCUT2D eigenvalue weighted by molar-refractivity contribution is -0.114. The van der Waals surface area contributed by atoms with Gasteiger partial charge in [0.1, 0.15) is 4.21 Å². The van der Waals surface area contributed by atoms with Gasteiger partial charge in [0.15, 0.2) is 5.13 Å². The van der Waals surface area contributed by atoms with Gasteiger partial charge < -0.3 is 10.4 Å². The molecule has 1 fully saturated rings. The molecule has 136 valence electrons. The first kappa shape index (κ1) is 18.5. The summed E-state index contributed by atoms with van der Waals surface area (Å²) in [5.41, 5.74) is 1.51. The first-order chi connectivity index (χ1) is 11.8. The summed E-state index contributed by atoms with van der Waals surface area (Å²) in [7, 11) is -3.60. The molecule has 2 aromatic rings. The quantitative estimate of drug-likeness (QED) is 0.819. The van der Waals surface area contributed by atoms with Gasteiger partial charge in [0, 0.05) is 31.0 Å². The minimum absolute atomic E-state index is 0.141. The Morgan fingerprint density at radius 3 is 2.92 bits per heavy atom. The lowest BCUT2D eigenvalue weighted by atomic mass is 10.1. The maximum Gasteiger partial charge on any atom is 0.252 e. The van der Waals surface area contributed by atoms with Crippen LogP contribution in [0.3, 0.4) is 0 Å². The van der Waals surface area contributed by atoms with E-state index in [1.165, 1.54) is 22.6 Å². The number of aliphatic hydroxyl groups excluding tert-OH is 1. The van der Waals surface area contributed by atoms with Crippen LogP contribution in [-0.4, -0.2) is 47.9 Å². The molecule has 0 radical (unpaired) electrons. The molecule has 1 amide bonds. The predicted octanol–water partition coefficient (Wildman–Crippen LogP) is 2.28. The van der Waals surface area contributed by atoms with Crippen molar-refractivity contribution in [3.8, 4) is 10.4 Å². The summed E-state index contributed by atoms with van der Waals surface area (Å²) in [5, 5.41) is 14.7. The maximum absolute atomic E-state index is 12.8. The Bertz CT molecular complexity index is 888. The van der Waals surface area contributed by atoms with E-state index < -0.39 is 16.1 Å². The second kappa shape index (κ2) is 7.12. The third-order valence-electron chi connectivity index (χ3n) is 3.87. The molecule has 1 atom stereocenters. The van der Waals surface area contributed by atoms with Crippen LogP contribution in [0.4, 0.5) is 5.13 Å². The van der Waals surface area contributed by atoms with E-state index in [0.29, 0.717) is 24.5 Å². The molecule has 2 aromatic heterocycles. The van der Waals surface area contributed by atoms with Gasteiger partial charge >= 0.3 is 0 Å². The Hall–Kier alpha value is -1.33. The number of aryl methyl sites for hydroxylation is 1. The Kier molecular flexibility index (Phi) is 5.26. The summed E-state index contributed by atoms with van der Waals surface area (Å²) in [6.45, 7) is 3.81. The number of rotatable bonds is 4. The van der Waals surface area contributed by atoms with E-state index in [0.717, 1.165) is 27.5 Å². The zero-order valence-electron chi connectivity index (χ0n) is 13.9. The second-order valence-corrected chi connectivity index (χ2v) is 10.0. The molecule has 3 rings (SSSR count). The van der Waals surface area contributed by atoms with Crippen molar-refractivity contribution in [3.05, 3.63) is 17.1 Å². The molecule has 2 N–H and O–H groups in total. The molecule has 10 heteroatoms. The van der Waals surface area contributed by atoms with E-state index >= 15 is 0 Å². The lowest BCUT2D eigenvalue weighted by Gasteiger charge is -2.28. The zero-order valence-corrected chi connectivity index (χ0v) is 16.3. The van der Waals surface area contributed by atoms with Crippen LogP contribution in [0.25, 0.3) is 10.4 Å². The van der Waals surface area contributed by atoms with Crippen LogP contribution in [0.5, 0.6) is 0 Å². The number of carbonyl (C=O) groups excluding carboxylic acids is 1. The van der Waals surface area contributed by atoms with Crippen molar-refractivity contribution in [2.75, 3.05) is 18.4 Å². The number of amides is 1. The highest BCUT2D eigenvalue weighted by atomic mass is 32.2. The van der Waals surface area contributed by atoms with Crippen molar-refractivity contribution in [2.24, 2.45) is 0 Å². The lowest BCUT2D eigenvalue weighted by Crippen LogP contribution is -2.41. The fraction of sp³-hybridized carbons (Fsp3) is 0.467. The molecular weight excluding hydrogens is 382 g/mol. The van der Waals surface area contributed by atoms with Crippen LogP contribution in [0.15, 0.2) is 15.7 Å². The highest BCUT2D eigenvalue weighted by Crippen LogP contribution is 2.37. The molecule has 1 saturated heterocycles. The number of β-amino-alcohol motifs (C(OH)–C–C–N with tert-alkyl or cyclic N) is 1. The van der Waals surface area contributed by atoms with Crippen molar-refractivity contribution in [3.63, 3.8) is 0 Å². The number of nitrogens with one attached hydrogen (secondary N) is 1. The molecule has 7 nitrogen and oxygen atoms in total. The SMILES string of the molecule is CC(=O)Nc1nc(C)c(-c2csc(S(=O)(=O)N3CCCC(O)C3)c2)s1. The standard InChI is InChI=1S/C15H19N3O4S3/c1-9-14(24-15(16-9)17-10(2)19)11-6-13(23-8-11)25(21,22)18-5-3-4-12(20)7-18/h6,8,12,20H,3-5,7H2,1-2H3,(H,16,17,19). The zero-order chi connectivity index (χ0) is 18.2. The largest absolute Gasteiger partial charge is 0.392 e. The van der Waals surface area contributed by atoms with Crippen molar-refractivity contribution < 1.29 is 18.3 Å². The molecule has 0 spiro atoms. The van der Waals surface area contributed by atoms with Crippen LogP contribution in [-0.2, 0) is 14.8 Å². The van der Waals surface area contributed by atoms with E-state index in [4.69, 9.17) is 0 Å². The van der Waals surface area contributed by atoms with Crippen LogP contribution in [0, 0.1) is 6.92 Å². The van der Waals surface area contributed by atoms with Gasteiger partial charge in [0.2, 0.25) is 5.91 Å². The molecule has 0 aliphatic carbocycles. The topological polar surface area (TPSA) is 99.6 Å². The monoisotopic (exact) mass is 401 g/mol. The van der Waals surface area contributed by atoms with Crippen LogP contribution >= 0.6 is 22.7 Å². The van der Waals surface area contributed by atoms with Crippen molar-refractivity contribution >= 4 is 43.7 Å². The average molecular weight is 402 g/mol. The van der Waals surface area contributed by atoms with Crippen LogP contribution in [0.2, 0.25) is 0 Å². The number of aliphatic hydroxyl groups is 1. The summed E-state index contributed by atoms with van der Waals surface area (Å²) in [4.78, 5) is 16.3. The van der Waals surface area contributed by atoms with Crippen LogP contribution < -0.4 is 5.32 Å². The number of aromatic nitrogens is 1. The smallest absolute Gasteiger partial charge is 0.252 e. The van der Waals surface area contributed by atoms with Crippen molar-refractivity contribution in [1.29, 1.82) is 0 Å². The Labute approximate surface area is 154 Å². The summed E-state index contributed by atoms with van der Waals surface area (Å²) in [6.07, 6.45) is 0.687. The predicted molar refractivity (Wildman–Crippen MR) is 98.5 cm³/mol. The van der Waals surface area contributed by atoms with E-state index in [-0.39, 0.29) is 16.7 Å². The number of nitrogens with zero attached hydrogens (tertiary/aromatic N) is 2. The van der Waals surface area contributed by atoms with Gasteiger partial charge in [0.25, 0.3) is 10.0 Å². The number of hydrogen-bond donors (Lipinski definition) is 2. The normalized spacial score (nSPS) is 19.1. The first-order valence-corrected chi connectivity index (χ1v) is 10.9. The molecular formula is C15H19N3O4S3. The molecule has 0 saturated carbocycles. The number of piperidine rings is 1. The van der Waals surface area contributed by atoms with Gasteiger partial charge in [-0.1, -0.05) is 11.3 Å². The highest BCUT2D eigenvalue weighted by Gasteiger charge is 2.31. The summed E-state index contributed by atoms with van der Waals surface area (Å²) >= 11 is 2.47. The number of sulfonamides is 1. The maximum atomic E-state index is 12.8. The summed E-state index contributed by atoms with van der Waals surface area (Å²) < 4.78 is 27.1. The van der Waals surface area contributed by atoms with E-state index in [2.05, 4.69) is 10.3 Å². The summed E-state index contributed by atoms with van der Waals surface area (Å²) in [6, 6.07) is 1.64. The minimum atomic E-state index is -3.60. The molecule has 25 heavy (non-hydrogen) atoms. The summed E-state index contributed by atoms with van der Waals surface area (Å²) in [5.74, 6) is -0.197. The fourth-order valence-electron chi connectivity index (χ4n) is 2.71. The molecule has 3 heterocycles. The van der Waals surface area contributed by atoms with Crippen molar-refractivity contribution in [2.45, 2.75) is 37.0 Å². The third-order valence-corrected chi connectivity index (χ3v) is 8.27. The van der Waals surface area contributed by atoms with Gasteiger partial charge in [0.05, 0.1) is 16.7 Å². The number of thiazole rings is 1. The third kappa shape index (κ3) is 3.93. The highest BCUT2D eigenvalue weighted by molar-refractivity contribution is 7.91. The van der Waals surface area contributed by atoms with Gasteiger partial charge in [-0.15, -0.1) is 11.3 Å². The fourth-order valence-corrected chi connectivity index (χ4v) is 6.62. The number of anilines is 1. The van der Waals surface area contributed by atoms with Crippen molar-refractivity contribution in [1.82, 2.24) is 9.29 Å².